The minimum atomic E-state index is -0.409. The van der Waals surface area contributed by atoms with Gasteiger partial charge in [-0.2, -0.15) is 0 Å². The third-order valence-electron chi connectivity index (χ3n) is 6.57. The minimum Gasteiger partial charge on any atom is -0.396 e. The Bertz CT molecular complexity index is 999. The van der Waals surface area contributed by atoms with Crippen molar-refractivity contribution in [3.63, 3.8) is 0 Å². The van der Waals surface area contributed by atoms with Crippen LogP contribution in [0.25, 0.3) is 11.1 Å². The second kappa shape index (κ2) is 7.07. The summed E-state index contributed by atoms with van der Waals surface area (Å²) in [5, 5.41) is 16.5. The molecule has 1 amide bonds. The minimum absolute atomic E-state index is 0.0561. The van der Waals surface area contributed by atoms with E-state index >= 15 is 0 Å². The fourth-order valence-electron chi connectivity index (χ4n) is 4.78. The van der Waals surface area contributed by atoms with Crippen LogP contribution >= 0.6 is 0 Å². The topological polar surface area (TPSA) is 83.4 Å². The van der Waals surface area contributed by atoms with E-state index in [1.54, 1.807) is 22.8 Å². The molecule has 0 radical (unpaired) electrons. The van der Waals surface area contributed by atoms with E-state index in [1.165, 1.54) is 12.1 Å². The Morgan fingerprint density at radius 3 is 2.66 bits per heavy atom. The van der Waals surface area contributed by atoms with Crippen LogP contribution in [0.1, 0.15) is 24.6 Å². The first-order chi connectivity index (χ1) is 14.1. The zero-order valence-corrected chi connectivity index (χ0v) is 16.0. The maximum absolute atomic E-state index is 13.3. The summed E-state index contributed by atoms with van der Waals surface area (Å²) in [7, 11) is 0. The molecule has 5 rings (SSSR count). The summed E-state index contributed by atoms with van der Waals surface area (Å²) in [6, 6.07) is 9.04. The number of amides is 1. The Labute approximate surface area is 167 Å². The summed E-state index contributed by atoms with van der Waals surface area (Å²) in [6.45, 7) is 0.974. The van der Waals surface area contributed by atoms with Crippen molar-refractivity contribution in [3.05, 3.63) is 58.3 Å². The molecule has 2 bridgehead atoms. The number of hydrogen-bond acceptors (Lipinski definition) is 4. The molecule has 1 saturated heterocycles. The van der Waals surface area contributed by atoms with Gasteiger partial charge in [0, 0.05) is 42.9 Å². The van der Waals surface area contributed by atoms with Crippen molar-refractivity contribution in [2.24, 2.45) is 17.8 Å². The van der Waals surface area contributed by atoms with Crippen LogP contribution in [0.2, 0.25) is 0 Å². The quantitative estimate of drug-likeness (QED) is 0.713. The molecule has 4 atom stereocenters. The molecule has 2 aliphatic heterocycles. The lowest BCUT2D eigenvalue weighted by atomic mass is 9.86. The molecule has 3 heterocycles. The first-order valence-corrected chi connectivity index (χ1v) is 10.2. The normalized spacial score (nSPS) is 27.5. The number of nitrogens with zero attached hydrogens (tertiary/aromatic N) is 1. The summed E-state index contributed by atoms with van der Waals surface area (Å²) in [5.41, 5.74) is 1.78. The number of benzene rings is 1. The van der Waals surface area contributed by atoms with Gasteiger partial charge in [-0.15, -0.1) is 0 Å². The van der Waals surface area contributed by atoms with E-state index in [2.05, 4.69) is 10.6 Å². The lowest BCUT2D eigenvalue weighted by Gasteiger charge is -2.28. The number of carbonyl (C=O) groups is 1. The molecule has 29 heavy (non-hydrogen) atoms. The maximum Gasteiger partial charge on any atom is 0.258 e. The van der Waals surface area contributed by atoms with Crippen LogP contribution in [0.3, 0.4) is 0 Å². The number of nitrogens with one attached hydrogen (secondary N) is 2. The van der Waals surface area contributed by atoms with Crippen molar-refractivity contribution in [2.75, 3.05) is 13.2 Å². The van der Waals surface area contributed by atoms with E-state index < -0.39 is 5.92 Å². The second-order valence-electron chi connectivity index (χ2n) is 8.41. The highest BCUT2D eigenvalue weighted by atomic mass is 19.1. The van der Waals surface area contributed by atoms with Gasteiger partial charge in [0.25, 0.3) is 5.56 Å². The third-order valence-corrected chi connectivity index (χ3v) is 6.57. The number of pyridine rings is 1. The van der Waals surface area contributed by atoms with Gasteiger partial charge in [0.1, 0.15) is 5.82 Å². The second-order valence-corrected chi connectivity index (χ2v) is 8.41. The number of aliphatic hydroxyl groups is 1. The highest BCUT2D eigenvalue weighted by Crippen LogP contribution is 2.41. The summed E-state index contributed by atoms with van der Waals surface area (Å²) >= 11 is 0. The molecule has 0 unspecified atom stereocenters. The number of aromatic nitrogens is 1. The number of carbonyl (C=O) groups excluding carboxylic acids is 1. The van der Waals surface area contributed by atoms with Crippen molar-refractivity contribution in [2.45, 2.75) is 31.5 Å². The number of rotatable bonds is 5. The number of aliphatic hydroxyl groups excluding tert-OH is 1. The van der Waals surface area contributed by atoms with Gasteiger partial charge in [0.15, 0.2) is 0 Å². The van der Waals surface area contributed by atoms with Crippen molar-refractivity contribution in [1.82, 2.24) is 15.2 Å². The van der Waals surface area contributed by atoms with Crippen LogP contribution in [-0.4, -0.2) is 34.8 Å². The van der Waals surface area contributed by atoms with Gasteiger partial charge in [-0.3, -0.25) is 9.59 Å². The maximum atomic E-state index is 13.3. The number of halogens is 1. The van der Waals surface area contributed by atoms with Gasteiger partial charge in [0.2, 0.25) is 5.91 Å². The molecule has 1 aromatic heterocycles. The predicted octanol–water partition coefficient (Wildman–Crippen LogP) is 1.43. The highest BCUT2D eigenvalue weighted by molar-refractivity contribution is 5.80. The van der Waals surface area contributed by atoms with Gasteiger partial charge >= 0.3 is 0 Å². The van der Waals surface area contributed by atoms with Crippen LogP contribution in [0.15, 0.2) is 41.2 Å². The van der Waals surface area contributed by atoms with Crippen LogP contribution < -0.4 is 16.2 Å². The zero-order valence-electron chi connectivity index (χ0n) is 16.0. The average Bonchev–Trinajstić information content (AvgIpc) is 3.51. The molecular weight excluding hydrogens is 373 g/mol. The van der Waals surface area contributed by atoms with Gasteiger partial charge in [-0.05, 0) is 48.6 Å². The smallest absolute Gasteiger partial charge is 0.258 e. The SMILES string of the molecule is O=C(NCC1CC1)[C@H]1[C@H](CO)[C@H]2Cn3c(ccc(-c4ccc(F)cc4)c3=O)[C@@H]1N2. The van der Waals surface area contributed by atoms with E-state index in [4.69, 9.17) is 0 Å². The monoisotopic (exact) mass is 397 g/mol. The lowest BCUT2D eigenvalue weighted by molar-refractivity contribution is -0.127. The Kier molecular flexibility index (Phi) is 4.52. The van der Waals surface area contributed by atoms with Crippen LogP contribution in [0.5, 0.6) is 0 Å². The van der Waals surface area contributed by atoms with Gasteiger partial charge in [-0.1, -0.05) is 12.1 Å². The van der Waals surface area contributed by atoms with Crippen LogP contribution in [0.4, 0.5) is 4.39 Å². The van der Waals surface area contributed by atoms with E-state index in [0.29, 0.717) is 30.1 Å². The fraction of sp³-hybridized carbons (Fsp3) is 0.455. The summed E-state index contributed by atoms with van der Waals surface area (Å²) in [6.07, 6.45) is 2.31. The summed E-state index contributed by atoms with van der Waals surface area (Å²) in [5.74, 6) is -0.478. The van der Waals surface area contributed by atoms with E-state index in [0.717, 1.165) is 18.5 Å². The molecule has 3 N–H and O–H groups in total. The average molecular weight is 397 g/mol. The van der Waals surface area contributed by atoms with Crippen LogP contribution in [-0.2, 0) is 11.3 Å². The Hall–Kier alpha value is -2.51. The van der Waals surface area contributed by atoms with Crippen molar-refractivity contribution in [3.8, 4) is 11.1 Å². The van der Waals surface area contributed by atoms with E-state index in [9.17, 15) is 19.1 Å². The Morgan fingerprint density at radius 2 is 1.97 bits per heavy atom. The first-order valence-electron chi connectivity index (χ1n) is 10.2. The molecule has 2 fully saturated rings. The van der Waals surface area contributed by atoms with Crippen LogP contribution in [0, 0.1) is 23.6 Å². The van der Waals surface area contributed by atoms with Gasteiger partial charge < -0.3 is 20.3 Å². The van der Waals surface area contributed by atoms with Gasteiger partial charge in [-0.25, -0.2) is 4.39 Å². The van der Waals surface area contributed by atoms with Crippen molar-refractivity contribution < 1.29 is 14.3 Å². The summed E-state index contributed by atoms with van der Waals surface area (Å²) < 4.78 is 15.0. The molecule has 2 aromatic rings. The Balaban J connectivity index is 1.50. The Morgan fingerprint density at radius 1 is 1.21 bits per heavy atom. The number of fused-ring (bicyclic) bond motifs is 4. The summed E-state index contributed by atoms with van der Waals surface area (Å²) in [4.78, 5) is 26.1. The standard InChI is InChI=1S/C22H24FN3O3/c23-14-5-3-13(4-6-14)15-7-8-18-20-19(21(28)24-9-12-1-2-12)16(11-27)17(25-20)10-26(18)22(15)29/h3-8,12,16-17,19-20,25,27H,1-2,9-11H2,(H,24,28)/t16-,17-,19+,20+/m1/s1. The molecule has 6 nitrogen and oxygen atoms in total. The lowest BCUT2D eigenvalue weighted by Crippen LogP contribution is -2.43. The largest absolute Gasteiger partial charge is 0.396 e. The van der Waals surface area contributed by atoms with Crippen molar-refractivity contribution >= 4 is 5.91 Å². The van der Waals surface area contributed by atoms with Gasteiger partial charge in [0.05, 0.1) is 12.0 Å². The first kappa shape index (κ1) is 18.5. The predicted molar refractivity (Wildman–Crippen MR) is 106 cm³/mol. The van der Waals surface area contributed by atoms with Crippen molar-refractivity contribution in [1.29, 1.82) is 0 Å². The molecule has 0 spiro atoms. The molecule has 152 valence electrons. The highest BCUT2D eigenvalue weighted by Gasteiger charge is 2.50. The molecule has 1 aliphatic carbocycles. The fourth-order valence-corrected chi connectivity index (χ4v) is 4.78. The van der Waals surface area contributed by atoms with E-state index in [1.807, 2.05) is 6.07 Å². The molecule has 1 aromatic carbocycles. The number of hydrogen-bond donors (Lipinski definition) is 3. The molecule has 3 aliphatic rings. The molecular formula is C22H24FN3O3. The van der Waals surface area contributed by atoms with E-state index in [-0.39, 0.29) is 41.9 Å². The molecule has 1 saturated carbocycles. The molecule has 7 heteroatoms. The zero-order chi connectivity index (χ0) is 20.1. The third kappa shape index (κ3) is 3.18.